The third-order valence-corrected chi connectivity index (χ3v) is 2.93. The fourth-order valence-corrected chi connectivity index (χ4v) is 1.79. The van der Waals surface area contributed by atoms with E-state index in [-0.39, 0.29) is 5.97 Å². The zero-order chi connectivity index (χ0) is 14.2. The summed E-state index contributed by atoms with van der Waals surface area (Å²) in [6, 6.07) is 0. The second-order valence-corrected chi connectivity index (χ2v) is 4.71. The quantitative estimate of drug-likeness (QED) is 0.221. The van der Waals surface area contributed by atoms with Crippen LogP contribution < -0.4 is 0 Å². The molecule has 0 N–H and O–H groups in total. The molecule has 0 spiro atoms. The molecule has 108 valence electrons. The van der Waals surface area contributed by atoms with E-state index in [4.69, 9.17) is 11.2 Å². The average molecular weight is 266 g/mol. The largest absolute Gasteiger partial charge is 0.466 e. The van der Waals surface area contributed by atoms with E-state index >= 15 is 0 Å². The number of esters is 1. The summed E-state index contributed by atoms with van der Waals surface area (Å²) in [6.07, 6.45) is 16.2. The van der Waals surface area contributed by atoms with Gasteiger partial charge >= 0.3 is 5.97 Å². The molecule has 3 nitrogen and oxygen atoms in total. The molecule has 0 saturated heterocycles. The van der Waals surface area contributed by atoms with Gasteiger partial charge in [-0.3, -0.25) is 4.79 Å². The lowest BCUT2D eigenvalue weighted by molar-refractivity contribution is -0.144. The van der Waals surface area contributed by atoms with Crippen molar-refractivity contribution in [2.75, 3.05) is 6.61 Å². The lowest BCUT2D eigenvalue weighted by atomic mass is 10.1. The minimum absolute atomic E-state index is 0.139. The van der Waals surface area contributed by atoms with Gasteiger partial charge < -0.3 is 9.53 Å². The summed E-state index contributed by atoms with van der Waals surface area (Å²) in [4.78, 5) is 21.4. The summed E-state index contributed by atoms with van der Waals surface area (Å²) >= 11 is 0. The molecule has 0 aromatic rings. The van der Waals surface area contributed by atoms with Gasteiger partial charge in [0.2, 0.25) is 0 Å². The highest BCUT2D eigenvalue weighted by molar-refractivity contribution is 5.69. The molecule has 0 amide bonds. The molecule has 0 saturated carbocycles. The molecular formula is C16H26O3. The molecule has 0 aliphatic rings. The van der Waals surface area contributed by atoms with Crippen LogP contribution in [0, 0.1) is 12.3 Å². The van der Waals surface area contributed by atoms with Crippen LogP contribution in [0.4, 0.5) is 0 Å². The summed E-state index contributed by atoms with van der Waals surface area (Å²) in [5.41, 5.74) is 0. The minimum atomic E-state index is -0.139. The van der Waals surface area contributed by atoms with E-state index in [1.807, 2.05) is 0 Å². The first-order valence-electron chi connectivity index (χ1n) is 7.34. The number of hydrogen-bond acceptors (Lipinski definition) is 3. The van der Waals surface area contributed by atoms with Crippen molar-refractivity contribution < 1.29 is 14.3 Å². The monoisotopic (exact) mass is 266 g/mol. The topological polar surface area (TPSA) is 43.4 Å². The Labute approximate surface area is 117 Å². The molecule has 0 aliphatic carbocycles. The number of rotatable bonds is 13. The molecule has 0 fully saturated rings. The molecule has 0 bridgehead atoms. The predicted molar refractivity (Wildman–Crippen MR) is 76.6 cm³/mol. The van der Waals surface area contributed by atoms with Gasteiger partial charge in [-0.1, -0.05) is 25.7 Å². The zero-order valence-electron chi connectivity index (χ0n) is 11.9. The highest BCUT2D eigenvalue weighted by Crippen LogP contribution is 2.07. The van der Waals surface area contributed by atoms with Crippen LogP contribution in [0.2, 0.25) is 0 Å². The number of terminal acetylenes is 1. The number of carbonyl (C=O) groups excluding carboxylic acids is 2. The van der Waals surface area contributed by atoms with E-state index < -0.39 is 0 Å². The van der Waals surface area contributed by atoms with Gasteiger partial charge in [-0.2, -0.15) is 0 Å². The van der Waals surface area contributed by atoms with Gasteiger partial charge in [-0.25, -0.2) is 0 Å². The van der Waals surface area contributed by atoms with Crippen LogP contribution >= 0.6 is 0 Å². The minimum Gasteiger partial charge on any atom is -0.466 e. The molecule has 0 radical (unpaired) electrons. The number of aldehydes is 1. The van der Waals surface area contributed by atoms with E-state index in [0.717, 1.165) is 44.8 Å². The number of hydrogen-bond donors (Lipinski definition) is 0. The number of unbranched alkanes of at least 4 members (excludes halogenated alkanes) is 8. The summed E-state index contributed by atoms with van der Waals surface area (Å²) in [5, 5.41) is 0. The Bertz CT molecular complexity index is 266. The average Bonchev–Trinajstić information content (AvgIpc) is 2.42. The summed E-state index contributed by atoms with van der Waals surface area (Å²) in [7, 11) is 0. The Morgan fingerprint density at radius 2 is 1.68 bits per heavy atom. The molecular weight excluding hydrogens is 240 g/mol. The lowest BCUT2D eigenvalue weighted by Crippen LogP contribution is -2.05. The van der Waals surface area contributed by atoms with Crippen molar-refractivity contribution in [1.29, 1.82) is 0 Å². The van der Waals surface area contributed by atoms with Gasteiger partial charge in [0, 0.05) is 19.3 Å². The Balaban J connectivity index is 3.14. The molecule has 0 aromatic carbocycles. The van der Waals surface area contributed by atoms with E-state index in [1.54, 1.807) is 0 Å². The van der Waals surface area contributed by atoms with Crippen molar-refractivity contribution in [2.24, 2.45) is 0 Å². The van der Waals surface area contributed by atoms with Gasteiger partial charge in [0.1, 0.15) is 6.29 Å². The summed E-state index contributed by atoms with van der Waals surface area (Å²) in [5.74, 6) is 2.50. The first-order chi connectivity index (χ1) is 9.31. The van der Waals surface area contributed by atoms with Gasteiger partial charge in [0.05, 0.1) is 6.61 Å². The van der Waals surface area contributed by atoms with Gasteiger partial charge in [-0.15, -0.1) is 12.3 Å². The van der Waals surface area contributed by atoms with E-state index in [2.05, 4.69) is 5.92 Å². The Morgan fingerprint density at radius 3 is 2.37 bits per heavy atom. The van der Waals surface area contributed by atoms with Crippen molar-refractivity contribution >= 4 is 12.3 Å². The normalized spacial score (nSPS) is 9.84. The van der Waals surface area contributed by atoms with Crippen molar-refractivity contribution in [2.45, 2.75) is 70.6 Å². The van der Waals surface area contributed by atoms with Crippen LogP contribution in [0.25, 0.3) is 0 Å². The predicted octanol–water partition coefficient (Wildman–Crippen LogP) is 3.65. The standard InChI is InChI=1S/C16H26O3/c1-2-3-4-5-6-7-8-12-15-19-16(18)13-10-9-11-14-17/h1,14H,3-13,15H2. The van der Waals surface area contributed by atoms with Gasteiger partial charge in [0.15, 0.2) is 0 Å². The first-order valence-corrected chi connectivity index (χ1v) is 7.34. The van der Waals surface area contributed by atoms with Crippen LogP contribution in [0.15, 0.2) is 0 Å². The van der Waals surface area contributed by atoms with Crippen LogP contribution in [-0.4, -0.2) is 18.9 Å². The first kappa shape index (κ1) is 17.7. The second-order valence-electron chi connectivity index (χ2n) is 4.71. The van der Waals surface area contributed by atoms with Crippen molar-refractivity contribution in [3.63, 3.8) is 0 Å². The second kappa shape index (κ2) is 14.8. The fraction of sp³-hybridized carbons (Fsp3) is 0.750. The van der Waals surface area contributed by atoms with Crippen LogP contribution in [0.5, 0.6) is 0 Å². The third kappa shape index (κ3) is 14.6. The summed E-state index contributed by atoms with van der Waals surface area (Å²) in [6.45, 7) is 0.525. The van der Waals surface area contributed by atoms with Crippen LogP contribution in [0.3, 0.4) is 0 Å². The molecule has 0 unspecified atom stereocenters. The Hall–Kier alpha value is -1.30. The molecule has 0 rings (SSSR count). The van der Waals surface area contributed by atoms with Crippen LogP contribution in [0.1, 0.15) is 70.6 Å². The third-order valence-electron chi connectivity index (χ3n) is 2.93. The maximum atomic E-state index is 11.3. The SMILES string of the molecule is C#CCCCCCCCCOC(=O)CCCCC=O. The number of ether oxygens (including phenoxy) is 1. The molecule has 0 aromatic heterocycles. The van der Waals surface area contributed by atoms with Crippen molar-refractivity contribution in [3.8, 4) is 12.3 Å². The van der Waals surface area contributed by atoms with E-state index in [0.29, 0.717) is 19.4 Å². The highest BCUT2D eigenvalue weighted by atomic mass is 16.5. The highest BCUT2D eigenvalue weighted by Gasteiger charge is 2.01. The maximum absolute atomic E-state index is 11.3. The smallest absolute Gasteiger partial charge is 0.305 e. The lowest BCUT2D eigenvalue weighted by Gasteiger charge is -2.04. The molecule has 3 heteroatoms. The van der Waals surface area contributed by atoms with Crippen molar-refractivity contribution in [1.82, 2.24) is 0 Å². The Kier molecular flexibility index (Phi) is 13.7. The molecule has 0 aliphatic heterocycles. The molecule has 0 heterocycles. The molecule has 19 heavy (non-hydrogen) atoms. The fourth-order valence-electron chi connectivity index (χ4n) is 1.79. The zero-order valence-corrected chi connectivity index (χ0v) is 11.9. The van der Waals surface area contributed by atoms with Gasteiger partial charge in [0.25, 0.3) is 0 Å². The van der Waals surface area contributed by atoms with Crippen molar-refractivity contribution in [3.05, 3.63) is 0 Å². The molecule has 0 atom stereocenters. The van der Waals surface area contributed by atoms with Gasteiger partial charge in [-0.05, 0) is 25.7 Å². The van der Waals surface area contributed by atoms with E-state index in [1.165, 1.54) is 19.3 Å². The summed E-state index contributed by atoms with van der Waals surface area (Å²) < 4.78 is 5.11. The number of carbonyl (C=O) groups is 2. The Morgan fingerprint density at radius 1 is 1.00 bits per heavy atom. The van der Waals surface area contributed by atoms with Crippen LogP contribution in [-0.2, 0) is 14.3 Å². The van der Waals surface area contributed by atoms with E-state index in [9.17, 15) is 9.59 Å². The maximum Gasteiger partial charge on any atom is 0.305 e.